The van der Waals surface area contributed by atoms with Crippen LogP contribution < -0.4 is 16.0 Å². The van der Waals surface area contributed by atoms with Gasteiger partial charge < -0.3 is 16.0 Å². The molecule has 5 nitrogen and oxygen atoms in total. The first kappa shape index (κ1) is 16.7. The zero-order valence-corrected chi connectivity index (χ0v) is 13.3. The summed E-state index contributed by atoms with van der Waals surface area (Å²) in [5.41, 5.74) is 2.35. The van der Waals surface area contributed by atoms with E-state index in [1.807, 2.05) is 37.3 Å². The van der Waals surface area contributed by atoms with E-state index in [0.717, 1.165) is 5.56 Å². The summed E-state index contributed by atoms with van der Waals surface area (Å²) in [6.45, 7) is 2.23. The van der Waals surface area contributed by atoms with Crippen LogP contribution in [-0.4, -0.2) is 25.4 Å². The summed E-state index contributed by atoms with van der Waals surface area (Å²) >= 11 is 0. The summed E-state index contributed by atoms with van der Waals surface area (Å²) < 4.78 is 0. The fourth-order valence-electron chi connectivity index (χ4n) is 2.16. The van der Waals surface area contributed by atoms with E-state index in [9.17, 15) is 9.59 Å². The Balaban J connectivity index is 1.84. The summed E-state index contributed by atoms with van der Waals surface area (Å²) in [7, 11) is 1.58. The molecule has 0 fully saturated rings. The van der Waals surface area contributed by atoms with Gasteiger partial charge in [0, 0.05) is 24.3 Å². The number of benzene rings is 2. The van der Waals surface area contributed by atoms with Crippen molar-refractivity contribution in [3.05, 3.63) is 65.7 Å². The quantitative estimate of drug-likeness (QED) is 0.767. The van der Waals surface area contributed by atoms with Crippen molar-refractivity contribution in [3.8, 4) is 0 Å². The Hall–Kier alpha value is -2.66. The minimum atomic E-state index is -0.152. The van der Waals surface area contributed by atoms with Crippen LogP contribution in [0.25, 0.3) is 0 Å². The number of hydrogen-bond acceptors (Lipinski definition) is 3. The maximum atomic E-state index is 12.0. The summed E-state index contributed by atoms with van der Waals surface area (Å²) in [4.78, 5) is 23.4. The first-order chi connectivity index (χ1) is 11.1. The van der Waals surface area contributed by atoms with E-state index in [-0.39, 0.29) is 24.4 Å². The monoisotopic (exact) mass is 311 g/mol. The highest BCUT2D eigenvalue weighted by Crippen LogP contribution is 2.11. The van der Waals surface area contributed by atoms with Crippen molar-refractivity contribution in [2.75, 3.05) is 18.9 Å². The number of hydrogen-bond donors (Lipinski definition) is 3. The molecule has 120 valence electrons. The normalized spacial score (nSPS) is 11.6. The average molecular weight is 311 g/mol. The molecule has 0 unspecified atom stereocenters. The second-order valence-corrected chi connectivity index (χ2v) is 5.22. The van der Waals surface area contributed by atoms with Crippen LogP contribution in [0.5, 0.6) is 0 Å². The smallest absolute Gasteiger partial charge is 0.251 e. The number of rotatable bonds is 6. The minimum absolute atomic E-state index is 0.0950. The Labute approximate surface area is 136 Å². The van der Waals surface area contributed by atoms with Crippen LogP contribution in [0.3, 0.4) is 0 Å². The first-order valence-corrected chi connectivity index (χ1v) is 7.50. The Bertz CT molecular complexity index is 654. The maximum absolute atomic E-state index is 12.0. The van der Waals surface area contributed by atoms with Gasteiger partial charge in [-0.05, 0) is 36.8 Å². The number of nitrogens with one attached hydrogen (secondary N) is 3. The van der Waals surface area contributed by atoms with Crippen LogP contribution in [0, 0.1) is 0 Å². The third-order valence-electron chi connectivity index (χ3n) is 3.53. The average Bonchev–Trinajstić information content (AvgIpc) is 2.60. The van der Waals surface area contributed by atoms with Crippen LogP contribution in [0.15, 0.2) is 54.6 Å². The van der Waals surface area contributed by atoms with Gasteiger partial charge in [-0.3, -0.25) is 9.59 Å². The lowest BCUT2D eigenvalue weighted by Crippen LogP contribution is -2.30. The molecule has 5 heteroatoms. The second kappa shape index (κ2) is 8.10. The molecule has 2 amide bonds. The number of amides is 2. The maximum Gasteiger partial charge on any atom is 0.251 e. The molecule has 2 rings (SSSR count). The van der Waals surface area contributed by atoms with Crippen molar-refractivity contribution in [2.24, 2.45) is 0 Å². The van der Waals surface area contributed by atoms with Gasteiger partial charge in [0.05, 0.1) is 6.54 Å². The molecule has 0 aromatic heterocycles. The zero-order valence-electron chi connectivity index (χ0n) is 13.3. The second-order valence-electron chi connectivity index (χ2n) is 5.22. The summed E-state index contributed by atoms with van der Waals surface area (Å²) in [5.74, 6) is -0.276. The van der Waals surface area contributed by atoms with Gasteiger partial charge in [-0.25, -0.2) is 0 Å². The molecule has 0 saturated heterocycles. The van der Waals surface area contributed by atoms with E-state index in [2.05, 4.69) is 16.0 Å². The first-order valence-electron chi connectivity index (χ1n) is 7.50. The summed E-state index contributed by atoms with van der Waals surface area (Å²) in [6.07, 6.45) is 0. The molecule has 2 aromatic carbocycles. The minimum Gasteiger partial charge on any atom is -0.355 e. The van der Waals surface area contributed by atoms with Gasteiger partial charge in [0.15, 0.2) is 0 Å². The van der Waals surface area contributed by atoms with Gasteiger partial charge in [0.25, 0.3) is 5.91 Å². The van der Waals surface area contributed by atoms with Gasteiger partial charge in [0.2, 0.25) is 5.91 Å². The SMILES string of the molecule is CNC(=O)c1ccc(NC(=O)CN[C@@H](C)c2ccccc2)cc1. The zero-order chi connectivity index (χ0) is 16.7. The summed E-state index contributed by atoms with van der Waals surface area (Å²) in [5, 5.41) is 8.53. The van der Waals surface area contributed by atoms with Crippen molar-refractivity contribution in [2.45, 2.75) is 13.0 Å². The molecule has 0 bridgehead atoms. The van der Waals surface area contributed by atoms with Gasteiger partial charge in [-0.1, -0.05) is 30.3 Å². The molecule has 3 N–H and O–H groups in total. The van der Waals surface area contributed by atoms with Crippen molar-refractivity contribution in [1.29, 1.82) is 0 Å². The molecular weight excluding hydrogens is 290 g/mol. The molecule has 0 spiro atoms. The lowest BCUT2D eigenvalue weighted by molar-refractivity contribution is -0.115. The highest BCUT2D eigenvalue weighted by Gasteiger charge is 2.08. The lowest BCUT2D eigenvalue weighted by atomic mass is 10.1. The lowest BCUT2D eigenvalue weighted by Gasteiger charge is -2.14. The van der Waals surface area contributed by atoms with Crippen LogP contribution in [-0.2, 0) is 4.79 Å². The summed E-state index contributed by atoms with van der Waals surface area (Å²) in [6, 6.07) is 16.8. The molecule has 0 aliphatic heterocycles. The largest absolute Gasteiger partial charge is 0.355 e. The predicted octanol–water partition coefficient (Wildman–Crippen LogP) is 2.34. The Kier molecular flexibility index (Phi) is 5.88. The standard InChI is InChI=1S/C18H21N3O2/c1-13(14-6-4-3-5-7-14)20-12-17(22)21-16-10-8-15(9-11-16)18(23)19-2/h3-11,13,20H,12H2,1-2H3,(H,19,23)(H,21,22)/t13-/m0/s1. The Morgan fingerprint density at radius 2 is 1.65 bits per heavy atom. The van der Waals surface area contributed by atoms with Crippen LogP contribution in [0.4, 0.5) is 5.69 Å². The van der Waals surface area contributed by atoms with Crippen molar-refractivity contribution in [3.63, 3.8) is 0 Å². The molecule has 0 saturated carbocycles. The fraction of sp³-hybridized carbons (Fsp3) is 0.222. The number of carbonyl (C=O) groups is 2. The van der Waals surface area contributed by atoms with E-state index < -0.39 is 0 Å². The highest BCUT2D eigenvalue weighted by molar-refractivity contribution is 5.96. The van der Waals surface area contributed by atoms with E-state index >= 15 is 0 Å². The van der Waals surface area contributed by atoms with E-state index in [0.29, 0.717) is 11.3 Å². The number of carbonyl (C=O) groups excluding carboxylic acids is 2. The van der Waals surface area contributed by atoms with E-state index in [1.165, 1.54) is 0 Å². The molecule has 23 heavy (non-hydrogen) atoms. The Morgan fingerprint density at radius 3 is 2.26 bits per heavy atom. The van der Waals surface area contributed by atoms with Crippen LogP contribution in [0.1, 0.15) is 28.9 Å². The van der Waals surface area contributed by atoms with Gasteiger partial charge >= 0.3 is 0 Å². The van der Waals surface area contributed by atoms with Crippen molar-refractivity contribution < 1.29 is 9.59 Å². The van der Waals surface area contributed by atoms with E-state index in [4.69, 9.17) is 0 Å². The fourth-order valence-corrected chi connectivity index (χ4v) is 2.16. The van der Waals surface area contributed by atoms with Crippen LogP contribution in [0.2, 0.25) is 0 Å². The Morgan fingerprint density at radius 1 is 1.00 bits per heavy atom. The number of anilines is 1. The van der Waals surface area contributed by atoms with Gasteiger partial charge in [-0.15, -0.1) is 0 Å². The van der Waals surface area contributed by atoms with Gasteiger partial charge in [0.1, 0.15) is 0 Å². The third-order valence-corrected chi connectivity index (χ3v) is 3.53. The van der Waals surface area contributed by atoms with Gasteiger partial charge in [-0.2, -0.15) is 0 Å². The molecule has 2 aromatic rings. The predicted molar refractivity (Wildman–Crippen MR) is 91.3 cm³/mol. The molecule has 1 atom stereocenters. The highest BCUT2D eigenvalue weighted by atomic mass is 16.2. The molecule has 0 heterocycles. The molecular formula is C18H21N3O2. The third kappa shape index (κ3) is 4.93. The van der Waals surface area contributed by atoms with Crippen LogP contribution >= 0.6 is 0 Å². The molecule has 0 radical (unpaired) electrons. The van der Waals surface area contributed by atoms with Crippen molar-refractivity contribution >= 4 is 17.5 Å². The molecule has 0 aliphatic carbocycles. The van der Waals surface area contributed by atoms with E-state index in [1.54, 1.807) is 31.3 Å². The van der Waals surface area contributed by atoms with Crippen molar-refractivity contribution in [1.82, 2.24) is 10.6 Å². The topological polar surface area (TPSA) is 70.2 Å². The molecule has 0 aliphatic rings.